The van der Waals surface area contributed by atoms with Gasteiger partial charge in [-0.3, -0.25) is 9.69 Å². The van der Waals surface area contributed by atoms with Gasteiger partial charge in [0.2, 0.25) is 0 Å². The quantitative estimate of drug-likeness (QED) is 0.581. The zero-order valence-electron chi connectivity index (χ0n) is 18.9. The largest absolute Gasteiger partial charge is 0.497 e. The number of fused-ring (bicyclic) bond motifs is 1. The Morgan fingerprint density at radius 1 is 1.00 bits per heavy atom. The second-order valence-electron chi connectivity index (χ2n) is 7.66. The predicted octanol–water partition coefficient (Wildman–Crippen LogP) is 3.33. The highest BCUT2D eigenvalue weighted by Gasteiger charge is 2.24. The summed E-state index contributed by atoms with van der Waals surface area (Å²) in [7, 11) is 1.66. The topological polar surface area (TPSA) is 79.9 Å². The van der Waals surface area contributed by atoms with Crippen LogP contribution < -0.4 is 14.2 Å². The molecular formula is C24H30N4O4. The van der Waals surface area contributed by atoms with Crippen LogP contribution in [0.4, 0.5) is 0 Å². The van der Waals surface area contributed by atoms with Crippen molar-refractivity contribution in [2.24, 2.45) is 0 Å². The molecule has 0 bridgehead atoms. The van der Waals surface area contributed by atoms with Gasteiger partial charge in [0.1, 0.15) is 11.6 Å². The number of aromatic amines is 1. The number of H-pyrrole nitrogens is 1. The summed E-state index contributed by atoms with van der Waals surface area (Å²) in [5.74, 6) is 3.02. The van der Waals surface area contributed by atoms with Crippen LogP contribution >= 0.6 is 0 Å². The molecule has 1 N–H and O–H groups in total. The highest BCUT2D eigenvalue weighted by molar-refractivity contribution is 5.95. The third-order valence-corrected chi connectivity index (χ3v) is 5.56. The van der Waals surface area contributed by atoms with E-state index in [4.69, 9.17) is 14.2 Å². The van der Waals surface area contributed by atoms with E-state index in [0.29, 0.717) is 43.4 Å². The summed E-state index contributed by atoms with van der Waals surface area (Å²) in [4.78, 5) is 25.3. The lowest BCUT2D eigenvalue weighted by Crippen LogP contribution is -2.48. The Hall–Kier alpha value is -3.26. The number of imidazole rings is 1. The van der Waals surface area contributed by atoms with Crippen molar-refractivity contribution in [1.82, 2.24) is 19.8 Å². The average Bonchev–Trinajstić information content (AvgIpc) is 3.22. The van der Waals surface area contributed by atoms with E-state index >= 15 is 0 Å². The van der Waals surface area contributed by atoms with E-state index in [-0.39, 0.29) is 5.91 Å². The molecule has 0 atom stereocenters. The number of aromatic nitrogens is 2. The number of amides is 1. The number of hydrogen-bond donors (Lipinski definition) is 1. The summed E-state index contributed by atoms with van der Waals surface area (Å²) in [6.07, 6.45) is 0. The normalized spacial score (nSPS) is 14.5. The molecule has 8 nitrogen and oxygen atoms in total. The van der Waals surface area contributed by atoms with Crippen molar-refractivity contribution in [2.45, 2.75) is 20.4 Å². The first-order chi connectivity index (χ1) is 15.6. The second-order valence-corrected chi connectivity index (χ2v) is 7.66. The summed E-state index contributed by atoms with van der Waals surface area (Å²) in [6, 6.07) is 11.2. The highest BCUT2D eigenvalue weighted by atomic mass is 16.5. The molecule has 0 unspecified atom stereocenters. The lowest BCUT2D eigenvalue weighted by atomic mass is 10.1. The Morgan fingerprint density at radius 2 is 1.75 bits per heavy atom. The standard InChI is InChI=1S/C24H30N4O4/c1-4-31-21-9-6-17(14-22(21)32-5-2)24(29)28-12-10-27(11-13-28)16-23-25-19-8-7-18(30-3)15-20(19)26-23/h6-9,14-15H,4-5,10-13,16H2,1-3H3,(H,25,26). The first-order valence-corrected chi connectivity index (χ1v) is 11.0. The molecule has 2 aromatic carbocycles. The van der Waals surface area contributed by atoms with Crippen molar-refractivity contribution < 1.29 is 19.0 Å². The van der Waals surface area contributed by atoms with E-state index < -0.39 is 0 Å². The van der Waals surface area contributed by atoms with Gasteiger partial charge >= 0.3 is 0 Å². The summed E-state index contributed by atoms with van der Waals surface area (Å²) in [6.45, 7) is 8.56. The Bertz CT molecular complexity index is 1070. The molecule has 4 rings (SSSR count). The van der Waals surface area contributed by atoms with Gasteiger partial charge in [-0.1, -0.05) is 0 Å². The zero-order chi connectivity index (χ0) is 22.5. The molecule has 1 aliphatic heterocycles. The maximum absolute atomic E-state index is 13.0. The zero-order valence-corrected chi connectivity index (χ0v) is 18.9. The molecule has 1 aliphatic rings. The number of carbonyl (C=O) groups excluding carboxylic acids is 1. The van der Waals surface area contributed by atoms with E-state index in [9.17, 15) is 4.79 Å². The summed E-state index contributed by atoms with van der Waals surface area (Å²) in [5.41, 5.74) is 2.51. The molecule has 3 aromatic rings. The Labute approximate surface area is 188 Å². The minimum atomic E-state index is 0.0180. The first-order valence-electron chi connectivity index (χ1n) is 11.0. The molecule has 1 aromatic heterocycles. The average molecular weight is 439 g/mol. The number of rotatable bonds is 8. The lowest BCUT2D eigenvalue weighted by Gasteiger charge is -2.34. The van der Waals surface area contributed by atoms with Crippen LogP contribution in [0.5, 0.6) is 17.2 Å². The van der Waals surface area contributed by atoms with Crippen LogP contribution in [0.3, 0.4) is 0 Å². The van der Waals surface area contributed by atoms with Gasteiger partial charge in [-0.25, -0.2) is 4.98 Å². The fraction of sp³-hybridized carbons (Fsp3) is 0.417. The number of hydrogen-bond acceptors (Lipinski definition) is 6. The highest BCUT2D eigenvalue weighted by Crippen LogP contribution is 2.29. The number of methoxy groups -OCH3 is 1. The van der Waals surface area contributed by atoms with Gasteiger partial charge < -0.3 is 24.1 Å². The summed E-state index contributed by atoms with van der Waals surface area (Å²) >= 11 is 0. The van der Waals surface area contributed by atoms with E-state index in [2.05, 4.69) is 14.9 Å². The van der Waals surface area contributed by atoms with Crippen molar-refractivity contribution in [3.8, 4) is 17.2 Å². The predicted molar refractivity (Wildman–Crippen MR) is 123 cm³/mol. The second kappa shape index (κ2) is 9.91. The molecule has 1 saturated heterocycles. The number of benzene rings is 2. The van der Waals surface area contributed by atoms with Gasteiger partial charge in [0, 0.05) is 37.8 Å². The Morgan fingerprint density at radius 3 is 2.47 bits per heavy atom. The molecule has 2 heterocycles. The van der Waals surface area contributed by atoms with Gasteiger partial charge in [-0.05, 0) is 44.2 Å². The van der Waals surface area contributed by atoms with Crippen LogP contribution in [-0.2, 0) is 6.54 Å². The van der Waals surface area contributed by atoms with Crippen molar-refractivity contribution in [1.29, 1.82) is 0 Å². The molecule has 0 saturated carbocycles. The van der Waals surface area contributed by atoms with Crippen LogP contribution in [-0.4, -0.2) is 72.2 Å². The molecular weight excluding hydrogens is 408 g/mol. The Balaban J connectivity index is 1.37. The van der Waals surface area contributed by atoms with Crippen LogP contribution in [0.1, 0.15) is 30.0 Å². The third kappa shape index (κ3) is 4.80. The summed E-state index contributed by atoms with van der Waals surface area (Å²) < 4.78 is 16.6. The third-order valence-electron chi connectivity index (χ3n) is 5.56. The van der Waals surface area contributed by atoms with Crippen LogP contribution in [0.25, 0.3) is 11.0 Å². The van der Waals surface area contributed by atoms with E-state index in [1.165, 1.54) is 0 Å². The smallest absolute Gasteiger partial charge is 0.254 e. The minimum absolute atomic E-state index is 0.0180. The van der Waals surface area contributed by atoms with Crippen LogP contribution in [0.2, 0.25) is 0 Å². The fourth-order valence-electron chi connectivity index (χ4n) is 3.93. The molecule has 0 aliphatic carbocycles. The van der Waals surface area contributed by atoms with E-state index in [0.717, 1.165) is 42.2 Å². The molecule has 0 radical (unpaired) electrons. The van der Waals surface area contributed by atoms with Crippen molar-refractivity contribution in [3.05, 3.63) is 47.8 Å². The first kappa shape index (κ1) is 22.0. The van der Waals surface area contributed by atoms with Crippen molar-refractivity contribution in [3.63, 3.8) is 0 Å². The van der Waals surface area contributed by atoms with Crippen molar-refractivity contribution >= 4 is 16.9 Å². The molecule has 170 valence electrons. The fourth-order valence-corrected chi connectivity index (χ4v) is 3.93. The molecule has 0 spiro atoms. The molecule has 1 fully saturated rings. The minimum Gasteiger partial charge on any atom is -0.497 e. The maximum Gasteiger partial charge on any atom is 0.254 e. The van der Waals surface area contributed by atoms with E-state index in [1.54, 1.807) is 13.2 Å². The monoisotopic (exact) mass is 438 g/mol. The number of ether oxygens (including phenoxy) is 3. The van der Waals surface area contributed by atoms with Gasteiger partial charge in [-0.15, -0.1) is 0 Å². The SMILES string of the molecule is CCOc1ccc(C(=O)N2CCN(Cc3nc4ccc(OC)cc4[nH]3)CC2)cc1OCC. The van der Waals surface area contributed by atoms with Crippen molar-refractivity contribution in [2.75, 3.05) is 46.5 Å². The van der Waals surface area contributed by atoms with Gasteiger partial charge in [-0.2, -0.15) is 0 Å². The Kier molecular flexibility index (Phi) is 6.80. The number of nitrogens with zero attached hydrogens (tertiary/aromatic N) is 3. The molecule has 8 heteroatoms. The van der Waals surface area contributed by atoms with Crippen LogP contribution in [0, 0.1) is 0 Å². The van der Waals surface area contributed by atoms with Gasteiger partial charge in [0.25, 0.3) is 5.91 Å². The molecule has 32 heavy (non-hydrogen) atoms. The van der Waals surface area contributed by atoms with E-state index in [1.807, 2.05) is 49.1 Å². The summed E-state index contributed by atoms with van der Waals surface area (Å²) in [5, 5.41) is 0. The lowest BCUT2D eigenvalue weighted by molar-refractivity contribution is 0.0625. The van der Waals surface area contributed by atoms with Gasteiger partial charge in [0.15, 0.2) is 11.5 Å². The number of piperazine rings is 1. The molecule has 1 amide bonds. The van der Waals surface area contributed by atoms with Crippen LogP contribution in [0.15, 0.2) is 36.4 Å². The van der Waals surface area contributed by atoms with Gasteiger partial charge in [0.05, 0.1) is 37.9 Å². The number of carbonyl (C=O) groups is 1. The maximum atomic E-state index is 13.0. The number of nitrogens with one attached hydrogen (secondary N) is 1.